The van der Waals surface area contributed by atoms with Gasteiger partial charge in [-0.1, -0.05) is 6.92 Å². The number of rotatable bonds is 6. The van der Waals surface area contributed by atoms with Gasteiger partial charge in [0.1, 0.15) is 11.3 Å². The van der Waals surface area contributed by atoms with E-state index in [-0.39, 0.29) is 23.8 Å². The number of amides is 2. The molecule has 2 heterocycles. The highest BCUT2D eigenvalue weighted by atomic mass is 32.1. The first-order valence-electron chi connectivity index (χ1n) is 9.43. The highest BCUT2D eigenvalue weighted by Crippen LogP contribution is 2.31. The Morgan fingerprint density at radius 3 is 2.63 bits per heavy atom. The van der Waals surface area contributed by atoms with Crippen LogP contribution in [0.15, 0.2) is 6.33 Å². The smallest absolute Gasteiger partial charge is 0.254 e. The van der Waals surface area contributed by atoms with E-state index in [0.717, 1.165) is 54.1 Å². The van der Waals surface area contributed by atoms with Gasteiger partial charge in [0, 0.05) is 23.4 Å². The summed E-state index contributed by atoms with van der Waals surface area (Å²) in [6.07, 6.45) is 5.70. The monoisotopic (exact) mass is 390 g/mol. The van der Waals surface area contributed by atoms with E-state index in [9.17, 15) is 9.59 Å². The second-order valence-electron chi connectivity index (χ2n) is 7.03. The third-order valence-electron chi connectivity index (χ3n) is 5.13. The maximum Gasteiger partial charge on any atom is 0.254 e. The van der Waals surface area contributed by atoms with Gasteiger partial charge in [-0.3, -0.25) is 9.59 Å². The number of aryl methyl sites for hydroxylation is 1. The van der Waals surface area contributed by atoms with E-state index < -0.39 is 0 Å². The van der Waals surface area contributed by atoms with Gasteiger partial charge in [0.05, 0.1) is 5.56 Å². The fourth-order valence-electron chi connectivity index (χ4n) is 3.44. The molecular formula is C18H26N6O2S. The molecule has 1 aliphatic rings. The Kier molecular flexibility index (Phi) is 6.20. The van der Waals surface area contributed by atoms with E-state index in [0.29, 0.717) is 5.56 Å². The largest absolute Gasteiger partial charge is 0.356 e. The number of nitrogens with zero attached hydrogens (tertiary/aromatic N) is 4. The number of thiophene rings is 1. The standard InChI is InChI=1S/C18H26N6O2S/c1-4-9-19-16(25)13-5-7-14(8-6-13)21-17(26)15-11(2)12(3)27-18(15)24-10-20-22-23-24/h10,13-14H,4-9H2,1-3H3,(H,19,25)(H,21,26). The van der Waals surface area contributed by atoms with Crippen LogP contribution in [0.1, 0.15) is 59.8 Å². The third-order valence-corrected chi connectivity index (χ3v) is 6.33. The van der Waals surface area contributed by atoms with E-state index >= 15 is 0 Å². The summed E-state index contributed by atoms with van der Waals surface area (Å²) in [6, 6.07) is 0.0917. The van der Waals surface area contributed by atoms with Crippen molar-refractivity contribution >= 4 is 23.2 Å². The maximum absolute atomic E-state index is 13.0. The van der Waals surface area contributed by atoms with Gasteiger partial charge in [0.25, 0.3) is 5.91 Å². The van der Waals surface area contributed by atoms with Gasteiger partial charge in [-0.2, -0.15) is 4.68 Å². The molecule has 8 nitrogen and oxygen atoms in total. The maximum atomic E-state index is 13.0. The number of carbonyl (C=O) groups is 2. The van der Waals surface area contributed by atoms with Crippen molar-refractivity contribution in [3.63, 3.8) is 0 Å². The van der Waals surface area contributed by atoms with E-state index in [1.54, 1.807) is 0 Å². The van der Waals surface area contributed by atoms with Crippen LogP contribution in [0.4, 0.5) is 0 Å². The minimum absolute atomic E-state index is 0.0617. The minimum Gasteiger partial charge on any atom is -0.356 e. The molecule has 146 valence electrons. The lowest BCUT2D eigenvalue weighted by Crippen LogP contribution is -2.41. The average Bonchev–Trinajstić information content (AvgIpc) is 3.29. The fraction of sp³-hybridized carbons (Fsp3) is 0.611. The highest BCUT2D eigenvalue weighted by Gasteiger charge is 2.29. The van der Waals surface area contributed by atoms with E-state index in [1.165, 1.54) is 22.3 Å². The van der Waals surface area contributed by atoms with E-state index in [2.05, 4.69) is 26.2 Å². The molecule has 0 aromatic carbocycles. The first-order valence-corrected chi connectivity index (χ1v) is 10.2. The van der Waals surface area contributed by atoms with Gasteiger partial charge < -0.3 is 10.6 Å². The third kappa shape index (κ3) is 4.35. The van der Waals surface area contributed by atoms with Crippen molar-refractivity contribution in [3.05, 3.63) is 22.3 Å². The first-order chi connectivity index (χ1) is 13.0. The molecule has 0 unspecified atom stereocenters. The summed E-state index contributed by atoms with van der Waals surface area (Å²) in [6.45, 7) is 6.71. The minimum atomic E-state index is -0.0961. The molecule has 0 aliphatic heterocycles. The summed E-state index contributed by atoms with van der Waals surface area (Å²) in [4.78, 5) is 26.1. The molecule has 27 heavy (non-hydrogen) atoms. The zero-order chi connectivity index (χ0) is 19.4. The lowest BCUT2D eigenvalue weighted by atomic mass is 9.85. The molecule has 2 N–H and O–H groups in total. The van der Waals surface area contributed by atoms with Crippen molar-refractivity contribution < 1.29 is 9.59 Å². The topological polar surface area (TPSA) is 102 Å². The summed E-state index contributed by atoms with van der Waals surface area (Å²) in [5.41, 5.74) is 1.59. The zero-order valence-electron chi connectivity index (χ0n) is 16.0. The number of hydrogen-bond donors (Lipinski definition) is 2. The number of nitrogens with one attached hydrogen (secondary N) is 2. The van der Waals surface area contributed by atoms with Gasteiger partial charge in [0.2, 0.25) is 5.91 Å². The van der Waals surface area contributed by atoms with Crippen molar-refractivity contribution in [2.45, 2.75) is 58.9 Å². The van der Waals surface area contributed by atoms with Gasteiger partial charge in [0.15, 0.2) is 0 Å². The van der Waals surface area contributed by atoms with E-state index in [1.807, 2.05) is 20.8 Å². The van der Waals surface area contributed by atoms with Crippen LogP contribution in [0, 0.1) is 19.8 Å². The summed E-state index contributed by atoms with van der Waals surface area (Å²) in [5.74, 6) is 0.111. The quantitative estimate of drug-likeness (QED) is 0.787. The summed E-state index contributed by atoms with van der Waals surface area (Å²) >= 11 is 1.51. The van der Waals surface area contributed by atoms with Gasteiger partial charge in [-0.05, 0) is 61.9 Å². The number of hydrogen-bond acceptors (Lipinski definition) is 6. The number of carbonyl (C=O) groups excluding carboxylic acids is 2. The first kappa shape index (κ1) is 19.5. The molecule has 1 fully saturated rings. The Morgan fingerprint density at radius 1 is 1.26 bits per heavy atom. The van der Waals surface area contributed by atoms with Crippen LogP contribution in [0.25, 0.3) is 5.00 Å². The molecule has 1 aliphatic carbocycles. The van der Waals surface area contributed by atoms with Gasteiger partial charge in [-0.25, -0.2) is 0 Å². The second-order valence-corrected chi connectivity index (χ2v) is 8.23. The van der Waals surface area contributed by atoms with Crippen molar-refractivity contribution in [1.29, 1.82) is 0 Å². The Balaban J connectivity index is 1.63. The van der Waals surface area contributed by atoms with Crippen LogP contribution in [0.5, 0.6) is 0 Å². The lowest BCUT2D eigenvalue weighted by Gasteiger charge is -2.28. The summed E-state index contributed by atoms with van der Waals surface area (Å²) < 4.78 is 1.54. The molecule has 2 aromatic heterocycles. The summed E-state index contributed by atoms with van der Waals surface area (Å²) in [7, 11) is 0. The summed E-state index contributed by atoms with van der Waals surface area (Å²) in [5, 5.41) is 18.1. The Bertz CT molecular complexity index is 793. The molecule has 0 radical (unpaired) electrons. The fourth-order valence-corrected chi connectivity index (χ4v) is 4.51. The van der Waals surface area contributed by atoms with Crippen LogP contribution < -0.4 is 10.6 Å². The molecule has 2 aromatic rings. The molecule has 9 heteroatoms. The molecule has 3 rings (SSSR count). The number of tetrazole rings is 1. The normalized spacial score (nSPS) is 19.7. The van der Waals surface area contributed by atoms with E-state index in [4.69, 9.17) is 0 Å². The number of aromatic nitrogens is 4. The Hall–Kier alpha value is -2.29. The van der Waals surface area contributed by atoms with Crippen molar-refractivity contribution in [3.8, 4) is 5.00 Å². The molecule has 2 amide bonds. The molecular weight excluding hydrogens is 364 g/mol. The predicted octanol–water partition coefficient (Wildman–Crippen LogP) is 2.16. The second kappa shape index (κ2) is 8.60. The average molecular weight is 391 g/mol. The van der Waals surface area contributed by atoms with Crippen LogP contribution in [0.2, 0.25) is 0 Å². The zero-order valence-corrected chi connectivity index (χ0v) is 16.8. The predicted molar refractivity (Wildman–Crippen MR) is 103 cm³/mol. The van der Waals surface area contributed by atoms with Crippen LogP contribution in [-0.2, 0) is 4.79 Å². The molecule has 1 saturated carbocycles. The van der Waals surface area contributed by atoms with Crippen LogP contribution >= 0.6 is 11.3 Å². The van der Waals surface area contributed by atoms with Gasteiger partial charge in [-0.15, -0.1) is 16.4 Å². The van der Waals surface area contributed by atoms with Crippen LogP contribution in [-0.4, -0.2) is 44.6 Å². The molecule has 0 spiro atoms. The van der Waals surface area contributed by atoms with Crippen molar-refractivity contribution in [2.75, 3.05) is 6.54 Å². The van der Waals surface area contributed by atoms with Crippen LogP contribution in [0.3, 0.4) is 0 Å². The Labute approximate surface area is 162 Å². The highest BCUT2D eigenvalue weighted by molar-refractivity contribution is 7.15. The molecule has 0 atom stereocenters. The molecule has 0 bridgehead atoms. The van der Waals surface area contributed by atoms with Gasteiger partial charge >= 0.3 is 0 Å². The molecule has 0 saturated heterocycles. The van der Waals surface area contributed by atoms with Crippen molar-refractivity contribution in [1.82, 2.24) is 30.8 Å². The van der Waals surface area contributed by atoms with Crippen molar-refractivity contribution in [2.24, 2.45) is 5.92 Å². The Morgan fingerprint density at radius 2 is 2.00 bits per heavy atom. The SMILES string of the molecule is CCCNC(=O)C1CCC(NC(=O)c2c(-n3cnnn3)sc(C)c2C)CC1. The lowest BCUT2D eigenvalue weighted by molar-refractivity contribution is -0.126.